The number of nitrogens with one attached hydrogen (secondary N) is 1. The number of rotatable bonds is 3. The van der Waals surface area contributed by atoms with E-state index in [1.54, 1.807) is 0 Å². The van der Waals surface area contributed by atoms with Gasteiger partial charge in [0.15, 0.2) is 0 Å². The van der Waals surface area contributed by atoms with Crippen molar-refractivity contribution in [2.75, 3.05) is 0 Å². The number of hydrogen-bond acceptors (Lipinski definition) is 3. The number of benzene rings is 1. The van der Waals surface area contributed by atoms with E-state index in [1.165, 1.54) is 18.2 Å². The fourth-order valence-corrected chi connectivity index (χ4v) is 4.24. The van der Waals surface area contributed by atoms with Gasteiger partial charge in [-0.05, 0) is 31.0 Å². The zero-order valence-corrected chi connectivity index (χ0v) is 12.3. The SMILES string of the molecule is N#CC1CCCC1NS(=O)(=O)c1cc(Cl)cc(Cl)c1. The summed E-state index contributed by atoms with van der Waals surface area (Å²) in [6.07, 6.45) is 2.24. The first-order valence-electron chi connectivity index (χ1n) is 5.80. The Kier molecular flexibility index (Phi) is 4.36. The lowest BCUT2D eigenvalue weighted by Crippen LogP contribution is -2.36. The first-order chi connectivity index (χ1) is 8.92. The second kappa shape index (κ2) is 5.68. The molecule has 0 radical (unpaired) electrons. The summed E-state index contributed by atoms with van der Waals surface area (Å²) in [6, 6.07) is 5.94. The van der Waals surface area contributed by atoms with Gasteiger partial charge in [-0.15, -0.1) is 0 Å². The predicted molar refractivity (Wildman–Crippen MR) is 73.5 cm³/mol. The molecule has 1 fully saturated rings. The molecule has 4 nitrogen and oxygen atoms in total. The Hall–Kier alpha value is -0.800. The largest absolute Gasteiger partial charge is 0.240 e. The lowest BCUT2D eigenvalue weighted by molar-refractivity contribution is 0.515. The highest BCUT2D eigenvalue weighted by Gasteiger charge is 2.31. The Bertz CT molecular complexity index is 605. The van der Waals surface area contributed by atoms with Crippen molar-refractivity contribution in [3.8, 4) is 6.07 Å². The number of hydrogen-bond donors (Lipinski definition) is 1. The standard InChI is InChI=1S/C12H12Cl2N2O2S/c13-9-4-10(14)6-11(5-9)19(17,18)16-12-3-1-2-8(12)7-15/h4-6,8,12,16H,1-3H2. The van der Waals surface area contributed by atoms with Crippen LogP contribution in [0.25, 0.3) is 0 Å². The maximum atomic E-state index is 12.2. The van der Waals surface area contributed by atoms with Crippen LogP contribution in [-0.4, -0.2) is 14.5 Å². The van der Waals surface area contributed by atoms with Crippen molar-refractivity contribution in [1.82, 2.24) is 4.72 Å². The van der Waals surface area contributed by atoms with Gasteiger partial charge in [0.05, 0.1) is 16.9 Å². The topological polar surface area (TPSA) is 70.0 Å². The Morgan fingerprint density at radius 1 is 1.21 bits per heavy atom. The summed E-state index contributed by atoms with van der Waals surface area (Å²) in [5, 5.41) is 9.49. The van der Waals surface area contributed by atoms with Crippen LogP contribution in [0.3, 0.4) is 0 Å². The molecule has 0 amide bonds. The molecule has 19 heavy (non-hydrogen) atoms. The summed E-state index contributed by atoms with van der Waals surface area (Å²) < 4.78 is 27.0. The predicted octanol–water partition coefficient (Wildman–Crippen LogP) is 2.96. The molecular weight excluding hydrogens is 307 g/mol. The number of sulfonamides is 1. The molecule has 0 bridgehead atoms. The fraction of sp³-hybridized carbons (Fsp3) is 0.417. The molecule has 0 spiro atoms. The molecule has 1 aromatic rings. The van der Waals surface area contributed by atoms with Crippen molar-refractivity contribution in [3.63, 3.8) is 0 Å². The highest BCUT2D eigenvalue weighted by atomic mass is 35.5. The molecule has 0 aromatic heterocycles. The number of halogens is 2. The fourth-order valence-electron chi connectivity index (χ4n) is 2.21. The molecular formula is C12H12Cl2N2O2S. The zero-order valence-electron chi connectivity index (χ0n) is 9.94. The molecule has 1 N–H and O–H groups in total. The molecule has 2 unspecified atom stereocenters. The minimum atomic E-state index is -3.70. The van der Waals surface area contributed by atoms with Gasteiger partial charge in [-0.2, -0.15) is 5.26 Å². The van der Waals surface area contributed by atoms with Gasteiger partial charge in [0.1, 0.15) is 0 Å². The third kappa shape index (κ3) is 3.40. The molecule has 7 heteroatoms. The average Bonchev–Trinajstić information content (AvgIpc) is 2.74. The minimum Gasteiger partial charge on any atom is -0.207 e. The summed E-state index contributed by atoms with van der Waals surface area (Å²) in [5.74, 6) is -0.274. The lowest BCUT2D eigenvalue weighted by atomic mass is 10.1. The van der Waals surface area contributed by atoms with Crippen molar-refractivity contribution >= 4 is 33.2 Å². The Morgan fingerprint density at radius 2 is 1.84 bits per heavy atom. The van der Waals surface area contributed by atoms with Crippen LogP contribution in [-0.2, 0) is 10.0 Å². The van der Waals surface area contributed by atoms with Crippen molar-refractivity contribution < 1.29 is 8.42 Å². The first-order valence-corrected chi connectivity index (χ1v) is 8.04. The van der Waals surface area contributed by atoms with E-state index in [0.717, 1.165) is 12.8 Å². The average molecular weight is 319 g/mol. The third-order valence-corrected chi connectivity index (χ3v) is 5.04. The highest BCUT2D eigenvalue weighted by molar-refractivity contribution is 7.89. The second-order valence-electron chi connectivity index (χ2n) is 4.50. The quantitative estimate of drug-likeness (QED) is 0.931. The van der Waals surface area contributed by atoms with Crippen molar-refractivity contribution in [2.24, 2.45) is 5.92 Å². The maximum absolute atomic E-state index is 12.2. The molecule has 0 heterocycles. The van der Waals surface area contributed by atoms with Crippen LogP contribution in [0.15, 0.2) is 23.1 Å². The van der Waals surface area contributed by atoms with Gasteiger partial charge in [0, 0.05) is 16.1 Å². The molecule has 2 rings (SSSR count). The molecule has 1 aliphatic carbocycles. The summed E-state index contributed by atoms with van der Waals surface area (Å²) in [6.45, 7) is 0. The Labute approximate surface area is 122 Å². The van der Waals surface area contributed by atoms with Gasteiger partial charge in [0.2, 0.25) is 10.0 Å². The van der Waals surface area contributed by atoms with Gasteiger partial charge in [-0.1, -0.05) is 29.6 Å². The van der Waals surface area contributed by atoms with Crippen molar-refractivity contribution in [3.05, 3.63) is 28.2 Å². The molecule has 102 valence electrons. The molecule has 1 aliphatic rings. The normalized spacial score (nSPS) is 23.2. The molecule has 1 saturated carbocycles. The van der Waals surface area contributed by atoms with E-state index >= 15 is 0 Å². The van der Waals surface area contributed by atoms with Gasteiger partial charge in [0.25, 0.3) is 0 Å². The summed E-state index contributed by atoms with van der Waals surface area (Å²) in [5.41, 5.74) is 0. The third-order valence-electron chi connectivity index (χ3n) is 3.13. The smallest absolute Gasteiger partial charge is 0.207 e. The Balaban J connectivity index is 2.25. The van der Waals surface area contributed by atoms with Crippen LogP contribution in [0.1, 0.15) is 19.3 Å². The highest BCUT2D eigenvalue weighted by Crippen LogP contribution is 2.28. The van der Waals surface area contributed by atoms with E-state index in [-0.39, 0.29) is 26.9 Å². The molecule has 1 aromatic carbocycles. The van der Waals surface area contributed by atoms with E-state index in [2.05, 4.69) is 10.8 Å². The van der Waals surface area contributed by atoms with Crippen molar-refractivity contribution in [1.29, 1.82) is 5.26 Å². The lowest BCUT2D eigenvalue weighted by Gasteiger charge is -2.16. The van der Waals surface area contributed by atoms with Crippen LogP contribution in [0.2, 0.25) is 10.0 Å². The first kappa shape index (κ1) is 14.6. The van der Waals surface area contributed by atoms with Gasteiger partial charge in [-0.3, -0.25) is 0 Å². The summed E-state index contributed by atoms with van der Waals surface area (Å²) >= 11 is 11.6. The molecule has 2 atom stereocenters. The molecule has 0 saturated heterocycles. The van der Waals surface area contributed by atoms with Gasteiger partial charge < -0.3 is 0 Å². The minimum absolute atomic E-state index is 0.0218. The molecule has 0 aliphatic heterocycles. The summed E-state index contributed by atoms with van der Waals surface area (Å²) in [4.78, 5) is 0.0218. The Morgan fingerprint density at radius 3 is 2.42 bits per heavy atom. The second-order valence-corrected chi connectivity index (χ2v) is 7.09. The monoisotopic (exact) mass is 318 g/mol. The van der Waals surface area contributed by atoms with Crippen molar-refractivity contribution in [2.45, 2.75) is 30.2 Å². The summed E-state index contributed by atoms with van der Waals surface area (Å²) in [7, 11) is -3.70. The van der Waals surface area contributed by atoms with Crippen LogP contribution in [0, 0.1) is 17.2 Å². The van der Waals surface area contributed by atoms with Crippen LogP contribution >= 0.6 is 23.2 Å². The van der Waals surface area contributed by atoms with E-state index in [9.17, 15) is 8.42 Å². The van der Waals surface area contributed by atoms with Gasteiger partial charge >= 0.3 is 0 Å². The van der Waals surface area contributed by atoms with Crippen LogP contribution < -0.4 is 4.72 Å². The van der Waals surface area contributed by atoms with Crippen LogP contribution in [0.5, 0.6) is 0 Å². The van der Waals surface area contributed by atoms with E-state index in [4.69, 9.17) is 28.5 Å². The van der Waals surface area contributed by atoms with E-state index < -0.39 is 10.0 Å². The number of nitriles is 1. The van der Waals surface area contributed by atoms with Gasteiger partial charge in [-0.25, -0.2) is 13.1 Å². The van der Waals surface area contributed by atoms with E-state index in [0.29, 0.717) is 6.42 Å². The maximum Gasteiger partial charge on any atom is 0.240 e. The van der Waals surface area contributed by atoms with E-state index in [1.807, 2.05) is 0 Å². The zero-order chi connectivity index (χ0) is 14.0. The number of nitrogens with zero attached hydrogens (tertiary/aromatic N) is 1. The van der Waals surface area contributed by atoms with Crippen LogP contribution in [0.4, 0.5) is 0 Å².